The number of nitrogens with zero attached hydrogens (tertiary/aromatic N) is 2. The number of amides is 3. The van der Waals surface area contributed by atoms with Gasteiger partial charge in [-0.2, -0.15) is 0 Å². The van der Waals surface area contributed by atoms with E-state index in [-0.39, 0.29) is 17.0 Å². The first-order chi connectivity index (χ1) is 16.6. The van der Waals surface area contributed by atoms with Crippen molar-refractivity contribution in [3.63, 3.8) is 0 Å². The topological polar surface area (TPSA) is 83.0 Å². The number of fused-ring (bicyclic) bond motifs is 1. The molecule has 0 aromatic heterocycles. The Balaban J connectivity index is 1.64. The zero-order valence-electron chi connectivity index (χ0n) is 18.1. The second-order valence-electron chi connectivity index (χ2n) is 7.45. The lowest BCUT2D eigenvalue weighted by Gasteiger charge is -2.21. The number of carbonyl (C=O) groups excluding carboxylic acids is 2. The Morgan fingerprint density at radius 3 is 2.40 bits per heavy atom. The van der Waals surface area contributed by atoms with Crippen molar-refractivity contribution in [1.82, 2.24) is 5.32 Å². The van der Waals surface area contributed by atoms with E-state index in [1.54, 1.807) is 30.3 Å². The van der Waals surface area contributed by atoms with Crippen LogP contribution in [0, 0.1) is 5.82 Å². The smallest absolute Gasteiger partial charge is 0.406 e. The number of ether oxygens (including phenoxy) is 1. The van der Waals surface area contributed by atoms with Gasteiger partial charge in [0.05, 0.1) is 11.4 Å². The maximum Gasteiger partial charge on any atom is 0.573 e. The van der Waals surface area contributed by atoms with Crippen molar-refractivity contribution >= 4 is 29.0 Å². The van der Waals surface area contributed by atoms with Crippen molar-refractivity contribution in [2.24, 2.45) is 4.99 Å². The molecular formula is C24H18F4N4O3. The van der Waals surface area contributed by atoms with E-state index >= 15 is 0 Å². The first kappa shape index (κ1) is 23.7. The van der Waals surface area contributed by atoms with E-state index in [9.17, 15) is 27.2 Å². The number of aliphatic imine (C=N–C) groups is 1. The summed E-state index contributed by atoms with van der Waals surface area (Å²) in [6, 6.07) is 16.4. The number of rotatable bonds is 4. The van der Waals surface area contributed by atoms with Crippen LogP contribution in [0.4, 0.5) is 33.7 Å². The minimum atomic E-state index is -4.90. The summed E-state index contributed by atoms with van der Waals surface area (Å²) in [5.41, 5.74) is 1.21. The fourth-order valence-electron chi connectivity index (χ4n) is 3.55. The van der Waals surface area contributed by atoms with Gasteiger partial charge in [0.2, 0.25) is 6.17 Å². The Kier molecular flexibility index (Phi) is 6.41. The molecule has 4 rings (SSSR count). The molecule has 1 aliphatic rings. The minimum absolute atomic E-state index is 0.0136. The number of carbonyl (C=O) groups is 2. The Bertz CT molecular complexity index is 1310. The summed E-state index contributed by atoms with van der Waals surface area (Å²) in [4.78, 5) is 31.4. The second-order valence-corrected chi connectivity index (χ2v) is 7.45. The van der Waals surface area contributed by atoms with Gasteiger partial charge in [-0.1, -0.05) is 36.4 Å². The molecule has 0 radical (unpaired) electrons. The zero-order valence-corrected chi connectivity index (χ0v) is 18.1. The summed E-state index contributed by atoms with van der Waals surface area (Å²) in [5, 5.41) is 4.74. The SMILES string of the molecule is CN1C(=O)C(NC(=O)Nc2cccc(OC(F)(F)F)c2)N=C(c2ccccc2F)c2ccccc21. The molecule has 35 heavy (non-hydrogen) atoms. The quantitative estimate of drug-likeness (QED) is 0.525. The lowest BCUT2D eigenvalue weighted by Crippen LogP contribution is -2.47. The molecule has 1 aliphatic heterocycles. The number of benzodiazepines with no additional fused rings is 1. The molecule has 3 amide bonds. The van der Waals surface area contributed by atoms with Crippen LogP contribution in [0.15, 0.2) is 77.8 Å². The van der Waals surface area contributed by atoms with E-state index in [0.717, 1.165) is 12.1 Å². The number of benzene rings is 3. The maximum atomic E-state index is 14.7. The van der Waals surface area contributed by atoms with Gasteiger partial charge in [-0.05, 0) is 30.3 Å². The summed E-state index contributed by atoms with van der Waals surface area (Å²) in [6.07, 6.45) is -6.35. The molecule has 0 saturated carbocycles. The molecule has 3 aromatic carbocycles. The van der Waals surface area contributed by atoms with E-state index < -0.39 is 36.0 Å². The predicted molar refractivity (Wildman–Crippen MR) is 121 cm³/mol. The van der Waals surface area contributed by atoms with Gasteiger partial charge in [-0.3, -0.25) is 4.79 Å². The number of nitrogens with one attached hydrogen (secondary N) is 2. The lowest BCUT2D eigenvalue weighted by atomic mass is 10.00. The molecule has 0 bridgehead atoms. The first-order valence-corrected chi connectivity index (χ1v) is 10.3. The normalized spacial score (nSPS) is 15.6. The summed E-state index contributed by atoms with van der Waals surface area (Å²) >= 11 is 0. The number of hydrogen-bond acceptors (Lipinski definition) is 4. The molecule has 0 fully saturated rings. The van der Waals surface area contributed by atoms with E-state index in [1.165, 1.54) is 42.3 Å². The van der Waals surface area contributed by atoms with Gasteiger partial charge in [0.25, 0.3) is 5.91 Å². The van der Waals surface area contributed by atoms with Crippen LogP contribution >= 0.6 is 0 Å². The number of para-hydroxylation sites is 1. The molecule has 1 heterocycles. The fourth-order valence-corrected chi connectivity index (χ4v) is 3.55. The molecule has 2 N–H and O–H groups in total. The van der Waals surface area contributed by atoms with E-state index in [2.05, 4.69) is 20.4 Å². The third-order valence-corrected chi connectivity index (χ3v) is 5.07. The van der Waals surface area contributed by atoms with Crippen LogP contribution in [0.2, 0.25) is 0 Å². The fraction of sp³-hybridized carbons (Fsp3) is 0.125. The maximum absolute atomic E-state index is 14.7. The zero-order chi connectivity index (χ0) is 25.2. The highest BCUT2D eigenvalue weighted by atomic mass is 19.4. The number of hydrogen-bond donors (Lipinski definition) is 2. The van der Waals surface area contributed by atoms with Gasteiger partial charge in [-0.25, -0.2) is 14.2 Å². The molecule has 11 heteroatoms. The van der Waals surface area contributed by atoms with Crippen molar-refractivity contribution in [3.8, 4) is 5.75 Å². The summed E-state index contributed by atoms with van der Waals surface area (Å²) in [7, 11) is 1.49. The Hall–Kier alpha value is -4.41. The molecule has 0 aliphatic carbocycles. The van der Waals surface area contributed by atoms with Crippen molar-refractivity contribution < 1.29 is 31.9 Å². The molecule has 180 valence electrons. The van der Waals surface area contributed by atoms with Crippen LogP contribution in [0.25, 0.3) is 0 Å². The van der Waals surface area contributed by atoms with Crippen molar-refractivity contribution in [2.75, 3.05) is 17.3 Å². The van der Waals surface area contributed by atoms with Crippen LogP contribution in [-0.4, -0.2) is 37.2 Å². The van der Waals surface area contributed by atoms with Gasteiger partial charge in [-0.15, -0.1) is 13.2 Å². The monoisotopic (exact) mass is 486 g/mol. The van der Waals surface area contributed by atoms with Crippen LogP contribution < -0.4 is 20.3 Å². The standard InChI is InChI=1S/C24H18F4N4O3/c1-32-19-12-5-3-10-17(19)20(16-9-2-4-11-18(16)25)30-21(22(32)33)31-23(34)29-14-7-6-8-15(13-14)35-24(26,27)28/h2-13,21H,1H3,(H2,29,31,34). The molecular weight excluding hydrogens is 468 g/mol. The van der Waals surface area contributed by atoms with Crippen LogP contribution in [0.5, 0.6) is 5.75 Å². The lowest BCUT2D eigenvalue weighted by molar-refractivity contribution is -0.274. The van der Waals surface area contributed by atoms with Crippen LogP contribution in [0.3, 0.4) is 0 Å². The molecule has 3 aromatic rings. The summed E-state index contributed by atoms with van der Waals surface area (Å²) in [5.74, 6) is -1.70. The average Bonchev–Trinajstić information content (AvgIpc) is 2.89. The van der Waals surface area contributed by atoms with Gasteiger partial charge in [0, 0.05) is 29.9 Å². The summed E-state index contributed by atoms with van der Waals surface area (Å²) in [6.45, 7) is 0. The van der Waals surface area contributed by atoms with Gasteiger partial charge in [0.1, 0.15) is 11.6 Å². The van der Waals surface area contributed by atoms with Gasteiger partial charge >= 0.3 is 12.4 Å². The Labute approximate surface area is 197 Å². The molecule has 0 saturated heterocycles. The Morgan fingerprint density at radius 2 is 1.69 bits per heavy atom. The van der Waals surface area contributed by atoms with E-state index in [0.29, 0.717) is 11.3 Å². The largest absolute Gasteiger partial charge is 0.573 e. The first-order valence-electron chi connectivity index (χ1n) is 10.3. The Morgan fingerprint density at radius 1 is 1.00 bits per heavy atom. The van der Waals surface area contributed by atoms with Gasteiger partial charge < -0.3 is 20.3 Å². The highest BCUT2D eigenvalue weighted by Crippen LogP contribution is 2.28. The second kappa shape index (κ2) is 9.45. The van der Waals surface area contributed by atoms with Crippen LogP contribution in [-0.2, 0) is 4.79 Å². The number of likely N-dealkylation sites (N-methyl/N-ethyl adjacent to an activating group) is 1. The van der Waals surface area contributed by atoms with Crippen molar-refractivity contribution in [3.05, 3.63) is 89.7 Å². The van der Waals surface area contributed by atoms with Gasteiger partial charge in [0.15, 0.2) is 0 Å². The highest BCUT2D eigenvalue weighted by Gasteiger charge is 2.32. The number of halogens is 4. The molecule has 0 spiro atoms. The van der Waals surface area contributed by atoms with E-state index in [4.69, 9.17) is 0 Å². The minimum Gasteiger partial charge on any atom is -0.406 e. The third kappa shape index (κ3) is 5.40. The average molecular weight is 486 g/mol. The van der Waals surface area contributed by atoms with Crippen molar-refractivity contribution in [1.29, 1.82) is 0 Å². The number of urea groups is 1. The molecule has 1 atom stereocenters. The number of anilines is 2. The predicted octanol–water partition coefficient (Wildman–Crippen LogP) is 4.69. The summed E-state index contributed by atoms with van der Waals surface area (Å²) < 4.78 is 55.9. The van der Waals surface area contributed by atoms with Crippen LogP contribution in [0.1, 0.15) is 11.1 Å². The highest BCUT2D eigenvalue weighted by molar-refractivity contribution is 6.20. The molecule has 7 nitrogen and oxygen atoms in total. The third-order valence-electron chi connectivity index (χ3n) is 5.07. The molecule has 1 unspecified atom stereocenters. The number of alkyl halides is 3. The van der Waals surface area contributed by atoms with Crippen molar-refractivity contribution in [2.45, 2.75) is 12.5 Å². The van der Waals surface area contributed by atoms with E-state index in [1.807, 2.05) is 0 Å².